The minimum atomic E-state index is -0.120. The van der Waals surface area contributed by atoms with E-state index in [2.05, 4.69) is 10.6 Å². The van der Waals surface area contributed by atoms with Gasteiger partial charge in [-0.3, -0.25) is 9.59 Å². The van der Waals surface area contributed by atoms with Crippen LogP contribution in [0.15, 0.2) is 18.2 Å². The van der Waals surface area contributed by atoms with Crippen molar-refractivity contribution in [3.05, 3.63) is 29.3 Å². The van der Waals surface area contributed by atoms with E-state index in [1.807, 2.05) is 20.8 Å². The lowest BCUT2D eigenvalue weighted by atomic mass is 10.1. The summed E-state index contributed by atoms with van der Waals surface area (Å²) in [6.07, 6.45) is 0.287. The Balaban J connectivity index is 2.79. The summed E-state index contributed by atoms with van der Waals surface area (Å²) in [4.78, 5) is 23.3. The molecule has 0 saturated heterocycles. The van der Waals surface area contributed by atoms with Crippen LogP contribution in [0.5, 0.6) is 0 Å². The van der Waals surface area contributed by atoms with Gasteiger partial charge in [0.1, 0.15) is 0 Å². The molecule has 0 atom stereocenters. The number of benzene rings is 1. The Morgan fingerprint density at radius 3 is 2.53 bits per heavy atom. The number of anilines is 1. The Morgan fingerprint density at radius 1 is 1.32 bits per heavy atom. The summed E-state index contributed by atoms with van der Waals surface area (Å²) >= 11 is 0. The number of carbonyl (C=O) groups excluding carboxylic acids is 2. The third kappa shape index (κ3) is 4.71. The van der Waals surface area contributed by atoms with Crippen molar-refractivity contribution in [2.24, 2.45) is 5.73 Å². The third-order valence-electron chi connectivity index (χ3n) is 2.55. The van der Waals surface area contributed by atoms with E-state index in [1.165, 1.54) is 0 Å². The summed E-state index contributed by atoms with van der Waals surface area (Å²) < 4.78 is 0. The quantitative estimate of drug-likeness (QED) is 0.751. The Hall–Kier alpha value is -1.88. The first-order chi connectivity index (χ1) is 8.93. The number of hydrogen-bond acceptors (Lipinski definition) is 3. The third-order valence-corrected chi connectivity index (χ3v) is 2.55. The first-order valence-electron chi connectivity index (χ1n) is 6.35. The standard InChI is InChI=1S/C14H21N3O2/c1-9(2)16-14(19)11-4-5-12(10(3)8-11)17-13(18)6-7-15/h4-5,8-9H,6-7,15H2,1-3H3,(H,16,19)(H,17,18). The molecule has 0 aliphatic rings. The van der Waals surface area contributed by atoms with Gasteiger partial charge in [-0.15, -0.1) is 0 Å². The Labute approximate surface area is 113 Å². The van der Waals surface area contributed by atoms with Crippen molar-refractivity contribution >= 4 is 17.5 Å². The van der Waals surface area contributed by atoms with Crippen molar-refractivity contribution in [3.8, 4) is 0 Å². The lowest BCUT2D eigenvalue weighted by Gasteiger charge is -2.11. The van der Waals surface area contributed by atoms with Gasteiger partial charge in [0.15, 0.2) is 0 Å². The number of aryl methyl sites for hydroxylation is 1. The molecule has 5 heteroatoms. The van der Waals surface area contributed by atoms with Crippen molar-refractivity contribution in [1.29, 1.82) is 0 Å². The van der Waals surface area contributed by atoms with Crippen molar-refractivity contribution in [1.82, 2.24) is 5.32 Å². The number of hydrogen-bond donors (Lipinski definition) is 3. The molecular formula is C14H21N3O2. The van der Waals surface area contributed by atoms with Gasteiger partial charge in [-0.05, 0) is 44.5 Å². The van der Waals surface area contributed by atoms with Gasteiger partial charge < -0.3 is 16.4 Å². The Morgan fingerprint density at radius 2 is 2.00 bits per heavy atom. The molecule has 0 bridgehead atoms. The molecule has 1 aromatic carbocycles. The van der Waals surface area contributed by atoms with Crippen LogP contribution in [-0.4, -0.2) is 24.4 Å². The van der Waals surface area contributed by atoms with Crippen molar-refractivity contribution < 1.29 is 9.59 Å². The molecule has 0 aliphatic carbocycles. The van der Waals surface area contributed by atoms with Gasteiger partial charge in [0.25, 0.3) is 5.91 Å². The minimum Gasteiger partial charge on any atom is -0.350 e. The highest BCUT2D eigenvalue weighted by Crippen LogP contribution is 2.16. The summed E-state index contributed by atoms with van der Waals surface area (Å²) in [5.41, 5.74) is 7.46. The molecule has 0 saturated carbocycles. The molecule has 19 heavy (non-hydrogen) atoms. The first-order valence-corrected chi connectivity index (χ1v) is 6.35. The van der Waals surface area contributed by atoms with Crippen molar-refractivity contribution in [3.63, 3.8) is 0 Å². The van der Waals surface area contributed by atoms with Gasteiger partial charge in [0, 0.05) is 30.3 Å². The summed E-state index contributed by atoms with van der Waals surface area (Å²) in [7, 11) is 0. The highest BCUT2D eigenvalue weighted by Gasteiger charge is 2.10. The van der Waals surface area contributed by atoms with E-state index in [9.17, 15) is 9.59 Å². The lowest BCUT2D eigenvalue weighted by Crippen LogP contribution is -2.30. The van der Waals surface area contributed by atoms with E-state index >= 15 is 0 Å². The molecule has 0 aromatic heterocycles. The van der Waals surface area contributed by atoms with Gasteiger partial charge in [-0.1, -0.05) is 0 Å². The zero-order chi connectivity index (χ0) is 14.4. The molecule has 0 fully saturated rings. The number of nitrogens with two attached hydrogens (primary N) is 1. The number of amides is 2. The van der Waals surface area contributed by atoms with Crippen LogP contribution in [0.1, 0.15) is 36.2 Å². The van der Waals surface area contributed by atoms with E-state index in [-0.39, 0.29) is 24.3 Å². The molecule has 0 radical (unpaired) electrons. The highest BCUT2D eigenvalue weighted by molar-refractivity contribution is 5.96. The average Bonchev–Trinajstić information content (AvgIpc) is 2.31. The SMILES string of the molecule is Cc1cc(C(=O)NC(C)C)ccc1NC(=O)CCN. The molecular weight excluding hydrogens is 242 g/mol. The maximum atomic E-state index is 11.8. The van der Waals surface area contributed by atoms with Crippen molar-refractivity contribution in [2.75, 3.05) is 11.9 Å². The van der Waals surface area contributed by atoms with Crippen LogP contribution in [0.3, 0.4) is 0 Å². The molecule has 0 aliphatic heterocycles. The maximum absolute atomic E-state index is 11.8. The second kappa shape index (κ2) is 6.89. The molecule has 1 rings (SSSR count). The van der Waals surface area contributed by atoms with E-state index in [1.54, 1.807) is 18.2 Å². The lowest BCUT2D eigenvalue weighted by molar-refractivity contribution is -0.116. The van der Waals surface area contributed by atoms with Gasteiger partial charge in [-0.25, -0.2) is 0 Å². The van der Waals surface area contributed by atoms with Gasteiger partial charge in [-0.2, -0.15) is 0 Å². The minimum absolute atomic E-state index is 0.0942. The second-order valence-corrected chi connectivity index (χ2v) is 4.74. The fraction of sp³-hybridized carbons (Fsp3) is 0.429. The van der Waals surface area contributed by atoms with Crippen LogP contribution in [0, 0.1) is 6.92 Å². The maximum Gasteiger partial charge on any atom is 0.251 e. The monoisotopic (exact) mass is 263 g/mol. The van der Waals surface area contributed by atoms with Gasteiger partial charge >= 0.3 is 0 Å². The predicted octanol–water partition coefficient (Wildman–Crippen LogP) is 1.42. The summed E-state index contributed by atoms with van der Waals surface area (Å²) in [6, 6.07) is 5.29. The fourth-order valence-electron chi connectivity index (χ4n) is 1.63. The molecule has 0 heterocycles. The summed E-state index contributed by atoms with van der Waals surface area (Å²) in [6.45, 7) is 5.99. The smallest absolute Gasteiger partial charge is 0.251 e. The number of rotatable bonds is 5. The van der Waals surface area contributed by atoms with Crippen LogP contribution in [-0.2, 0) is 4.79 Å². The predicted molar refractivity (Wildman–Crippen MR) is 76.1 cm³/mol. The van der Waals surface area contributed by atoms with Gasteiger partial charge in [0.05, 0.1) is 0 Å². The summed E-state index contributed by atoms with van der Waals surface area (Å²) in [5, 5.41) is 5.59. The van der Waals surface area contributed by atoms with Crippen LogP contribution in [0.2, 0.25) is 0 Å². The zero-order valence-corrected chi connectivity index (χ0v) is 11.6. The van der Waals surface area contributed by atoms with E-state index in [4.69, 9.17) is 5.73 Å². The molecule has 0 unspecified atom stereocenters. The van der Waals surface area contributed by atoms with E-state index in [0.29, 0.717) is 17.8 Å². The van der Waals surface area contributed by atoms with E-state index < -0.39 is 0 Å². The normalized spacial score (nSPS) is 10.4. The zero-order valence-electron chi connectivity index (χ0n) is 11.6. The Kier molecular flexibility index (Phi) is 5.51. The van der Waals surface area contributed by atoms with Crippen LogP contribution in [0.4, 0.5) is 5.69 Å². The largest absolute Gasteiger partial charge is 0.350 e. The molecule has 0 spiro atoms. The Bertz CT molecular complexity index is 470. The highest BCUT2D eigenvalue weighted by atomic mass is 16.2. The van der Waals surface area contributed by atoms with Gasteiger partial charge in [0.2, 0.25) is 5.91 Å². The summed E-state index contributed by atoms with van der Waals surface area (Å²) in [5.74, 6) is -0.233. The molecule has 2 amide bonds. The van der Waals surface area contributed by atoms with Crippen LogP contribution >= 0.6 is 0 Å². The van der Waals surface area contributed by atoms with Crippen LogP contribution < -0.4 is 16.4 Å². The number of carbonyl (C=O) groups is 2. The number of nitrogens with one attached hydrogen (secondary N) is 2. The molecule has 104 valence electrons. The fourth-order valence-corrected chi connectivity index (χ4v) is 1.63. The van der Waals surface area contributed by atoms with Crippen molar-refractivity contribution in [2.45, 2.75) is 33.2 Å². The first kappa shape index (κ1) is 15.2. The molecule has 5 nitrogen and oxygen atoms in total. The second-order valence-electron chi connectivity index (χ2n) is 4.74. The van der Waals surface area contributed by atoms with E-state index in [0.717, 1.165) is 5.56 Å². The average molecular weight is 263 g/mol. The van der Waals surface area contributed by atoms with Crippen LogP contribution in [0.25, 0.3) is 0 Å². The molecule has 4 N–H and O–H groups in total. The topological polar surface area (TPSA) is 84.2 Å². The molecule has 1 aromatic rings.